The second-order valence-electron chi connectivity index (χ2n) is 4.71. The fourth-order valence-electron chi connectivity index (χ4n) is 1.80. The minimum atomic E-state index is -0.524. The van der Waals surface area contributed by atoms with Gasteiger partial charge in [-0.1, -0.05) is 13.8 Å². The van der Waals surface area contributed by atoms with Crippen LogP contribution < -0.4 is 11.3 Å². The number of aromatic amines is 1. The van der Waals surface area contributed by atoms with Crippen molar-refractivity contribution in [3.05, 3.63) is 39.8 Å². The largest absolute Gasteiger partial charge is 0.366 e. The van der Waals surface area contributed by atoms with Gasteiger partial charge in [-0.3, -0.25) is 9.59 Å². The number of rotatable bonds is 3. The molecule has 0 saturated carbocycles. The first-order valence-electron chi connectivity index (χ1n) is 5.80. The molecule has 18 heavy (non-hydrogen) atoms. The van der Waals surface area contributed by atoms with E-state index in [0.717, 1.165) is 0 Å². The van der Waals surface area contributed by atoms with Gasteiger partial charge in [-0.2, -0.15) is 0 Å². The number of aromatic nitrogens is 2. The molecule has 0 unspecified atom stereocenters. The molecule has 0 spiro atoms. The zero-order chi connectivity index (χ0) is 13.3. The van der Waals surface area contributed by atoms with Crippen LogP contribution in [0.5, 0.6) is 0 Å². The van der Waals surface area contributed by atoms with Crippen molar-refractivity contribution in [2.45, 2.75) is 20.3 Å². The Labute approximate surface area is 104 Å². The van der Waals surface area contributed by atoms with Crippen molar-refractivity contribution in [3.63, 3.8) is 0 Å². The highest BCUT2D eigenvalue weighted by Crippen LogP contribution is 2.11. The monoisotopic (exact) mass is 245 g/mol. The number of nitrogens with zero attached hydrogens (tertiary/aromatic N) is 1. The standard InChI is InChI=1S/C13H15N3O2/c1-7(2)5-11-13(18)16-10-6-8(12(14)17)3-4-9(10)15-11/h3-4,6-7H,5H2,1-2H3,(H2,14,17)(H,16,18). The van der Waals surface area contributed by atoms with Gasteiger partial charge >= 0.3 is 0 Å². The zero-order valence-electron chi connectivity index (χ0n) is 10.4. The number of nitrogens with one attached hydrogen (secondary N) is 1. The molecule has 0 aliphatic carbocycles. The lowest BCUT2D eigenvalue weighted by Crippen LogP contribution is -2.17. The highest BCUT2D eigenvalue weighted by molar-refractivity contribution is 5.96. The molecular formula is C13H15N3O2. The molecule has 0 aliphatic heterocycles. The first-order chi connectivity index (χ1) is 8.47. The van der Waals surface area contributed by atoms with Gasteiger partial charge in [0.05, 0.1) is 11.0 Å². The van der Waals surface area contributed by atoms with E-state index in [1.54, 1.807) is 18.2 Å². The van der Waals surface area contributed by atoms with Gasteiger partial charge in [0.25, 0.3) is 5.56 Å². The topological polar surface area (TPSA) is 88.8 Å². The summed E-state index contributed by atoms with van der Waals surface area (Å²) in [5, 5.41) is 0. The summed E-state index contributed by atoms with van der Waals surface area (Å²) in [5.74, 6) is -0.162. The van der Waals surface area contributed by atoms with Crippen molar-refractivity contribution in [2.75, 3.05) is 0 Å². The van der Waals surface area contributed by atoms with Crippen LogP contribution in [0.25, 0.3) is 11.0 Å². The van der Waals surface area contributed by atoms with E-state index in [-0.39, 0.29) is 5.56 Å². The number of H-pyrrole nitrogens is 1. The maximum atomic E-state index is 11.8. The number of benzene rings is 1. The summed E-state index contributed by atoms with van der Waals surface area (Å²) in [4.78, 5) is 29.9. The van der Waals surface area contributed by atoms with Crippen LogP contribution >= 0.6 is 0 Å². The highest BCUT2D eigenvalue weighted by Gasteiger charge is 2.08. The molecule has 5 heteroatoms. The van der Waals surface area contributed by atoms with Crippen LogP contribution in [-0.2, 0) is 6.42 Å². The number of fused-ring (bicyclic) bond motifs is 1. The molecular weight excluding hydrogens is 230 g/mol. The average Bonchev–Trinajstić information content (AvgIpc) is 2.28. The zero-order valence-corrected chi connectivity index (χ0v) is 10.4. The van der Waals surface area contributed by atoms with Crippen molar-refractivity contribution >= 4 is 16.9 Å². The van der Waals surface area contributed by atoms with Crippen molar-refractivity contribution < 1.29 is 4.79 Å². The van der Waals surface area contributed by atoms with E-state index in [2.05, 4.69) is 9.97 Å². The van der Waals surface area contributed by atoms with E-state index in [4.69, 9.17) is 5.73 Å². The third-order valence-corrected chi connectivity index (χ3v) is 2.65. The van der Waals surface area contributed by atoms with Crippen molar-refractivity contribution in [2.24, 2.45) is 11.7 Å². The maximum absolute atomic E-state index is 11.8. The third-order valence-electron chi connectivity index (χ3n) is 2.65. The molecule has 5 nitrogen and oxygen atoms in total. The minimum Gasteiger partial charge on any atom is -0.366 e. The summed E-state index contributed by atoms with van der Waals surface area (Å²) in [6.07, 6.45) is 0.628. The van der Waals surface area contributed by atoms with E-state index >= 15 is 0 Å². The molecule has 0 bridgehead atoms. The van der Waals surface area contributed by atoms with Gasteiger partial charge in [-0.15, -0.1) is 0 Å². The predicted molar refractivity (Wildman–Crippen MR) is 69.4 cm³/mol. The van der Waals surface area contributed by atoms with Crippen LogP contribution in [0.1, 0.15) is 29.9 Å². The molecule has 2 aromatic rings. The highest BCUT2D eigenvalue weighted by atomic mass is 16.1. The van der Waals surface area contributed by atoms with Gasteiger partial charge in [0.15, 0.2) is 0 Å². The van der Waals surface area contributed by atoms with Crippen LogP contribution in [-0.4, -0.2) is 15.9 Å². The summed E-state index contributed by atoms with van der Waals surface area (Å²) < 4.78 is 0. The molecule has 0 radical (unpaired) electrons. The number of hydrogen-bond acceptors (Lipinski definition) is 3. The number of nitrogens with two attached hydrogens (primary N) is 1. The van der Waals surface area contributed by atoms with Gasteiger partial charge in [-0.05, 0) is 30.5 Å². The van der Waals surface area contributed by atoms with Crippen molar-refractivity contribution in [3.8, 4) is 0 Å². The molecule has 94 valence electrons. The molecule has 2 rings (SSSR count). The molecule has 0 atom stereocenters. The van der Waals surface area contributed by atoms with Crippen LogP contribution in [0.3, 0.4) is 0 Å². The lowest BCUT2D eigenvalue weighted by molar-refractivity contribution is 0.100. The predicted octanol–water partition coefficient (Wildman–Crippen LogP) is 1.22. The van der Waals surface area contributed by atoms with Crippen LogP contribution in [0.4, 0.5) is 0 Å². The SMILES string of the molecule is CC(C)Cc1nc2ccc(C(N)=O)cc2[nH]c1=O. The van der Waals surface area contributed by atoms with E-state index < -0.39 is 5.91 Å². The van der Waals surface area contributed by atoms with Crippen LogP contribution in [0.2, 0.25) is 0 Å². The lowest BCUT2D eigenvalue weighted by Gasteiger charge is -2.05. The van der Waals surface area contributed by atoms with Crippen molar-refractivity contribution in [1.29, 1.82) is 0 Å². The third kappa shape index (κ3) is 2.40. The average molecular weight is 245 g/mol. The van der Waals surface area contributed by atoms with Crippen LogP contribution in [0.15, 0.2) is 23.0 Å². The summed E-state index contributed by atoms with van der Waals surface area (Å²) in [5.41, 5.74) is 7.05. The molecule has 1 amide bonds. The molecule has 0 fully saturated rings. The van der Waals surface area contributed by atoms with E-state index in [9.17, 15) is 9.59 Å². The summed E-state index contributed by atoms with van der Waals surface area (Å²) in [6, 6.07) is 4.84. The summed E-state index contributed by atoms with van der Waals surface area (Å²) >= 11 is 0. The Balaban J connectivity index is 2.57. The summed E-state index contributed by atoms with van der Waals surface area (Å²) in [7, 11) is 0. The number of carbonyl (C=O) groups excluding carboxylic acids is 1. The van der Waals surface area contributed by atoms with Crippen molar-refractivity contribution in [1.82, 2.24) is 9.97 Å². The van der Waals surface area contributed by atoms with Crippen LogP contribution in [0, 0.1) is 5.92 Å². The van der Waals surface area contributed by atoms with Gasteiger partial charge < -0.3 is 10.7 Å². The molecule has 3 N–H and O–H groups in total. The Bertz CT molecular complexity index is 659. The first kappa shape index (κ1) is 12.3. The molecule has 1 aromatic heterocycles. The van der Waals surface area contributed by atoms with Gasteiger partial charge in [0.1, 0.15) is 5.69 Å². The Kier molecular flexibility index (Phi) is 3.14. The molecule has 1 heterocycles. The molecule has 1 aromatic carbocycles. The Morgan fingerprint density at radius 2 is 2.17 bits per heavy atom. The summed E-state index contributed by atoms with van der Waals surface area (Å²) in [6.45, 7) is 4.06. The number of amides is 1. The molecule has 0 aliphatic rings. The van der Waals surface area contributed by atoms with Gasteiger partial charge in [0, 0.05) is 5.56 Å². The fraction of sp³-hybridized carbons (Fsp3) is 0.308. The second kappa shape index (κ2) is 4.60. The van der Waals surface area contributed by atoms with Gasteiger partial charge in [-0.25, -0.2) is 4.98 Å². The number of primary amides is 1. The minimum absolute atomic E-state index is 0.210. The van der Waals surface area contributed by atoms with E-state index in [1.165, 1.54) is 0 Å². The lowest BCUT2D eigenvalue weighted by atomic mass is 10.1. The first-order valence-corrected chi connectivity index (χ1v) is 5.80. The Hall–Kier alpha value is -2.17. The fourth-order valence-corrected chi connectivity index (χ4v) is 1.80. The normalized spacial score (nSPS) is 11.1. The number of hydrogen-bond donors (Lipinski definition) is 2. The Morgan fingerprint density at radius 3 is 2.78 bits per heavy atom. The Morgan fingerprint density at radius 1 is 1.44 bits per heavy atom. The maximum Gasteiger partial charge on any atom is 0.270 e. The number of carbonyl (C=O) groups is 1. The van der Waals surface area contributed by atoms with E-state index in [0.29, 0.717) is 34.6 Å². The van der Waals surface area contributed by atoms with E-state index in [1.807, 2.05) is 13.8 Å². The van der Waals surface area contributed by atoms with Gasteiger partial charge in [0.2, 0.25) is 5.91 Å². The second-order valence-corrected chi connectivity index (χ2v) is 4.71. The quantitative estimate of drug-likeness (QED) is 0.852. The smallest absolute Gasteiger partial charge is 0.270 e. The molecule has 0 saturated heterocycles.